The lowest BCUT2D eigenvalue weighted by molar-refractivity contribution is 0.181. The maximum absolute atomic E-state index is 11.6. The molecule has 1 atom stereocenters. The van der Waals surface area contributed by atoms with E-state index in [-0.39, 0.29) is 0 Å². The molecule has 0 radical (unpaired) electrons. The summed E-state index contributed by atoms with van der Waals surface area (Å²) in [5, 5.41) is 9.43. The van der Waals surface area contributed by atoms with Gasteiger partial charge in [-0.05, 0) is 12.0 Å². The molecule has 0 spiro atoms. The molecule has 12 heavy (non-hydrogen) atoms. The fourth-order valence-corrected chi connectivity index (χ4v) is 0.992. The Hall–Kier alpha value is -1.15. The maximum atomic E-state index is 11.6. The Morgan fingerprint density at radius 2 is 2.00 bits per heavy atom. The van der Waals surface area contributed by atoms with Crippen molar-refractivity contribution in [2.45, 2.75) is 12.5 Å². The highest BCUT2D eigenvalue weighted by Crippen LogP contribution is 2.15. The van der Waals surface area contributed by atoms with Gasteiger partial charge in [0, 0.05) is 0 Å². The lowest BCUT2D eigenvalue weighted by atomic mass is 10.1. The molecule has 0 aliphatic heterocycles. The first-order chi connectivity index (χ1) is 5.84. The van der Waals surface area contributed by atoms with Crippen LogP contribution in [-0.2, 0) is 0 Å². The molecule has 0 bridgehead atoms. The highest BCUT2D eigenvalue weighted by molar-refractivity contribution is 5.17. The quantitative estimate of drug-likeness (QED) is 0.731. The van der Waals surface area contributed by atoms with Crippen molar-refractivity contribution in [3.05, 3.63) is 48.3 Å². The molecule has 0 saturated carbocycles. The minimum Gasteiger partial charge on any atom is -0.388 e. The smallest absolute Gasteiger partial charge is 0.0828 e. The van der Waals surface area contributed by atoms with Crippen LogP contribution in [0.1, 0.15) is 18.1 Å². The molecule has 0 amide bonds. The zero-order chi connectivity index (χ0) is 8.81. The zero-order valence-corrected chi connectivity index (χ0v) is 6.65. The number of aliphatic hydroxyl groups excluding tert-OH is 1. The maximum Gasteiger partial charge on any atom is 0.0828 e. The largest absolute Gasteiger partial charge is 0.388 e. The van der Waals surface area contributed by atoms with E-state index in [0.717, 1.165) is 5.56 Å². The van der Waals surface area contributed by atoms with Crippen molar-refractivity contribution in [3.8, 4) is 0 Å². The molecular weight excluding hydrogens is 155 g/mol. The van der Waals surface area contributed by atoms with Gasteiger partial charge in [-0.25, -0.2) is 4.39 Å². The Labute approximate surface area is 71.2 Å². The first-order valence-corrected chi connectivity index (χ1v) is 3.83. The van der Waals surface area contributed by atoms with Gasteiger partial charge >= 0.3 is 0 Å². The summed E-state index contributed by atoms with van der Waals surface area (Å²) in [6, 6.07) is 9.20. The second-order valence-electron chi connectivity index (χ2n) is 2.52. The van der Waals surface area contributed by atoms with Gasteiger partial charge < -0.3 is 5.11 Å². The molecule has 1 N–H and O–H groups in total. The average molecular weight is 166 g/mol. The standard InChI is InChI=1S/C10H11FO/c11-8-4-7-10(12)9-5-2-1-3-6-9/h1-6,8,10,12H,7H2. The average Bonchev–Trinajstić information content (AvgIpc) is 2.15. The number of hydrogen-bond acceptors (Lipinski definition) is 1. The van der Waals surface area contributed by atoms with Crippen LogP contribution in [0.25, 0.3) is 0 Å². The monoisotopic (exact) mass is 166 g/mol. The lowest BCUT2D eigenvalue weighted by Gasteiger charge is -2.06. The second-order valence-corrected chi connectivity index (χ2v) is 2.52. The summed E-state index contributed by atoms with van der Waals surface area (Å²) >= 11 is 0. The third-order valence-corrected chi connectivity index (χ3v) is 1.63. The highest BCUT2D eigenvalue weighted by atomic mass is 19.1. The zero-order valence-electron chi connectivity index (χ0n) is 6.65. The molecule has 64 valence electrons. The predicted octanol–water partition coefficient (Wildman–Crippen LogP) is 2.59. The third kappa shape index (κ3) is 2.47. The molecule has 0 aliphatic carbocycles. The summed E-state index contributed by atoms with van der Waals surface area (Å²) in [7, 11) is 0. The summed E-state index contributed by atoms with van der Waals surface area (Å²) in [5.41, 5.74) is 0.815. The lowest BCUT2D eigenvalue weighted by Crippen LogP contribution is -1.94. The van der Waals surface area contributed by atoms with E-state index in [0.29, 0.717) is 12.8 Å². The van der Waals surface area contributed by atoms with E-state index in [1.165, 1.54) is 6.08 Å². The number of hydrogen-bond donors (Lipinski definition) is 1. The molecule has 1 rings (SSSR count). The van der Waals surface area contributed by atoms with Gasteiger partial charge in [0.25, 0.3) is 0 Å². The van der Waals surface area contributed by atoms with Crippen LogP contribution in [0.3, 0.4) is 0 Å². The van der Waals surface area contributed by atoms with E-state index in [1.807, 2.05) is 30.3 Å². The topological polar surface area (TPSA) is 20.2 Å². The highest BCUT2D eigenvalue weighted by Gasteiger charge is 2.02. The third-order valence-electron chi connectivity index (χ3n) is 1.63. The van der Waals surface area contributed by atoms with Crippen LogP contribution >= 0.6 is 0 Å². The number of aliphatic hydroxyl groups is 1. The van der Waals surface area contributed by atoms with E-state index in [9.17, 15) is 9.50 Å². The molecule has 0 saturated heterocycles. The molecular formula is C10H11FO. The van der Waals surface area contributed by atoms with Crippen molar-refractivity contribution in [2.24, 2.45) is 0 Å². The van der Waals surface area contributed by atoms with Crippen LogP contribution in [0, 0.1) is 0 Å². The van der Waals surface area contributed by atoms with Crippen LogP contribution in [0.15, 0.2) is 42.7 Å². The Morgan fingerprint density at radius 1 is 1.33 bits per heavy atom. The summed E-state index contributed by atoms with van der Waals surface area (Å²) in [6.45, 7) is 0. The SMILES string of the molecule is OC(CC=CF)c1ccccc1. The summed E-state index contributed by atoms with van der Waals surface area (Å²) < 4.78 is 11.6. The molecule has 2 heteroatoms. The van der Waals surface area contributed by atoms with E-state index in [1.54, 1.807) is 0 Å². The normalized spacial score (nSPS) is 13.5. The van der Waals surface area contributed by atoms with E-state index in [4.69, 9.17) is 0 Å². The summed E-state index contributed by atoms with van der Waals surface area (Å²) in [5.74, 6) is 0. The molecule has 1 aromatic carbocycles. The summed E-state index contributed by atoms with van der Waals surface area (Å²) in [4.78, 5) is 0. The Balaban J connectivity index is 2.59. The molecule has 1 nitrogen and oxygen atoms in total. The Kier molecular flexibility index (Phi) is 3.48. The van der Waals surface area contributed by atoms with Crippen molar-refractivity contribution >= 4 is 0 Å². The molecule has 0 aromatic heterocycles. The fourth-order valence-electron chi connectivity index (χ4n) is 0.992. The van der Waals surface area contributed by atoms with Crippen molar-refractivity contribution in [3.63, 3.8) is 0 Å². The van der Waals surface area contributed by atoms with Gasteiger partial charge in [0.05, 0.1) is 12.4 Å². The van der Waals surface area contributed by atoms with Crippen LogP contribution in [0.4, 0.5) is 4.39 Å². The van der Waals surface area contributed by atoms with Crippen LogP contribution in [-0.4, -0.2) is 5.11 Å². The van der Waals surface area contributed by atoms with Crippen molar-refractivity contribution in [1.29, 1.82) is 0 Å². The number of rotatable bonds is 3. The molecule has 0 fully saturated rings. The fraction of sp³-hybridized carbons (Fsp3) is 0.200. The molecule has 1 aromatic rings. The Morgan fingerprint density at radius 3 is 2.58 bits per heavy atom. The molecule has 0 aliphatic rings. The van der Waals surface area contributed by atoms with Crippen molar-refractivity contribution in [2.75, 3.05) is 0 Å². The second kappa shape index (κ2) is 4.67. The number of halogens is 1. The van der Waals surface area contributed by atoms with Gasteiger partial charge in [-0.2, -0.15) is 0 Å². The van der Waals surface area contributed by atoms with E-state index >= 15 is 0 Å². The van der Waals surface area contributed by atoms with Gasteiger partial charge in [0.15, 0.2) is 0 Å². The first-order valence-electron chi connectivity index (χ1n) is 3.83. The Bertz CT molecular complexity index is 243. The molecule has 1 unspecified atom stereocenters. The van der Waals surface area contributed by atoms with Gasteiger partial charge in [0.1, 0.15) is 0 Å². The van der Waals surface area contributed by atoms with Gasteiger partial charge in [-0.3, -0.25) is 0 Å². The van der Waals surface area contributed by atoms with Crippen molar-refractivity contribution in [1.82, 2.24) is 0 Å². The van der Waals surface area contributed by atoms with Crippen LogP contribution in [0.5, 0.6) is 0 Å². The van der Waals surface area contributed by atoms with Crippen molar-refractivity contribution < 1.29 is 9.50 Å². The molecule has 0 heterocycles. The van der Waals surface area contributed by atoms with E-state index < -0.39 is 6.10 Å². The van der Waals surface area contributed by atoms with Crippen LogP contribution in [0.2, 0.25) is 0 Å². The van der Waals surface area contributed by atoms with Gasteiger partial charge in [0.2, 0.25) is 0 Å². The minimum atomic E-state index is -0.599. The summed E-state index contributed by atoms with van der Waals surface area (Å²) in [6.07, 6.45) is 1.47. The van der Waals surface area contributed by atoms with Crippen LogP contribution < -0.4 is 0 Å². The van der Waals surface area contributed by atoms with E-state index in [2.05, 4.69) is 0 Å². The van der Waals surface area contributed by atoms with Gasteiger partial charge in [-0.1, -0.05) is 36.4 Å². The number of benzene rings is 1. The predicted molar refractivity (Wildman–Crippen MR) is 46.3 cm³/mol. The van der Waals surface area contributed by atoms with Gasteiger partial charge in [-0.15, -0.1) is 0 Å². The minimum absolute atomic E-state index is 0.320. The first kappa shape index (κ1) is 8.94.